The van der Waals surface area contributed by atoms with Crippen molar-refractivity contribution in [2.75, 3.05) is 14.2 Å². The van der Waals surface area contributed by atoms with Crippen molar-refractivity contribution in [1.29, 1.82) is 0 Å². The molecular formula is C17H18N2O2. The molecule has 1 heterocycles. The van der Waals surface area contributed by atoms with Crippen LogP contribution in [0.2, 0.25) is 0 Å². The topological polar surface area (TPSA) is 60.3 Å². The van der Waals surface area contributed by atoms with Crippen molar-refractivity contribution in [3.8, 4) is 11.5 Å². The van der Waals surface area contributed by atoms with Crippen molar-refractivity contribution in [2.45, 2.75) is 6.04 Å². The molecule has 0 saturated carbocycles. The van der Waals surface area contributed by atoms with Crippen LogP contribution in [0.3, 0.4) is 0 Å². The van der Waals surface area contributed by atoms with Crippen LogP contribution in [0, 0.1) is 0 Å². The molecule has 3 rings (SSSR count). The van der Waals surface area contributed by atoms with E-state index in [1.54, 1.807) is 14.2 Å². The van der Waals surface area contributed by atoms with Crippen molar-refractivity contribution in [1.82, 2.24) is 4.98 Å². The highest BCUT2D eigenvalue weighted by Crippen LogP contribution is 2.31. The van der Waals surface area contributed by atoms with Crippen LogP contribution in [-0.2, 0) is 0 Å². The van der Waals surface area contributed by atoms with E-state index in [2.05, 4.69) is 11.1 Å². The summed E-state index contributed by atoms with van der Waals surface area (Å²) >= 11 is 0. The van der Waals surface area contributed by atoms with Gasteiger partial charge in [0.05, 0.1) is 20.3 Å². The first-order valence-electron chi connectivity index (χ1n) is 6.77. The Balaban J connectivity index is 2.07. The van der Waals surface area contributed by atoms with Crippen molar-refractivity contribution in [3.05, 3.63) is 59.8 Å². The van der Waals surface area contributed by atoms with Gasteiger partial charge in [0.1, 0.15) is 11.5 Å². The second-order valence-electron chi connectivity index (χ2n) is 4.91. The molecule has 0 aliphatic heterocycles. The lowest BCUT2D eigenvalue weighted by molar-refractivity contribution is 0.393. The number of rotatable bonds is 4. The van der Waals surface area contributed by atoms with Crippen molar-refractivity contribution in [3.63, 3.8) is 0 Å². The zero-order chi connectivity index (χ0) is 14.8. The van der Waals surface area contributed by atoms with E-state index in [0.717, 1.165) is 33.5 Å². The molecule has 108 valence electrons. The number of hydrogen-bond donors (Lipinski definition) is 2. The summed E-state index contributed by atoms with van der Waals surface area (Å²) in [5, 5.41) is 1.13. The summed E-state index contributed by atoms with van der Waals surface area (Å²) < 4.78 is 10.6. The largest absolute Gasteiger partial charge is 0.497 e. The number of hydrogen-bond acceptors (Lipinski definition) is 3. The van der Waals surface area contributed by atoms with Crippen LogP contribution < -0.4 is 15.2 Å². The third-order valence-corrected chi connectivity index (χ3v) is 3.69. The second kappa shape index (κ2) is 5.50. The Morgan fingerprint density at radius 1 is 1.00 bits per heavy atom. The second-order valence-corrected chi connectivity index (χ2v) is 4.91. The maximum atomic E-state index is 6.44. The van der Waals surface area contributed by atoms with E-state index in [1.165, 1.54) is 0 Å². The van der Waals surface area contributed by atoms with E-state index in [1.807, 2.05) is 42.6 Å². The Labute approximate surface area is 123 Å². The van der Waals surface area contributed by atoms with Gasteiger partial charge >= 0.3 is 0 Å². The molecule has 4 heteroatoms. The quantitative estimate of drug-likeness (QED) is 0.772. The number of benzene rings is 2. The molecular weight excluding hydrogens is 264 g/mol. The van der Waals surface area contributed by atoms with E-state index in [9.17, 15) is 0 Å². The van der Waals surface area contributed by atoms with Gasteiger partial charge in [-0.15, -0.1) is 0 Å². The number of nitrogens with two attached hydrogens (primary N) is 1. The average Bonchev–Trinajstić information content (AvgIpc) is 2.97. The van der Waals surface area contributed by atoms with Gasteiger partial charge in [0, 0.05) is 23.2 Å². The molecule has 2 aromatic carbocycles. The summed E-state index contributed by atoms with van der Waals surface area (Å²) in [5.41, 5.74) is 9.54. The summed E-state index contributed by atoms with van der Waals surface area (Å²) in [4.78, 5) is 3.25. The summed E-state index contributed by atoms with van der Waals surface area (Å²) in [6.45, 7) is 0. The Kier molecular flexibility index (Phi) is 3.54. The summed E-state index contributed by atoms with van der Waals surface area (Å²) in [6.07, 6.45) is 1.96. The molecule has 3 aromatic rings. The van der Waals surface area contributed by atoms with E-state index in [4.69, 9.17) is 15.2 Å². The number of methoxy groups -OCH3 is 2. The molecule has 3 N–H and O–H groups in total. The van der Waals surface area contributed by atoms with Gasteiger partial charge in [0.15, 0.2) is 0 Å². The SMILES string of the molecule is COc1cc(OC)cc(C(N)c2c[nH]c3ccccc23)c1. The number of para-hydroxylation sites is 1. The van der Waals surface area contributed by atoms with Crippen LogP contribution in [0.4, 0.5) is 0 Å². The highest BCUT2D eigenvalue weighted by atomic mass is 16.5. The van der Waals surface area contributed by atoms with Crippen molar-refractivity contribution >= 4 is 10.9 Å². The van der Waals surface area contributed by atoms with Crippen LogP contribution in [0.25, 0.3) is 10.9 Å². The Morgan fingerprint density at radius 2 is 1.67 bits per heavy atom. The highest BCUT2D eigenvalue weighted by molar-refractivity contribution is 5.84. The molecule has 0 spiro atoms. The fourth-order valence-electron chi connectivity index (χ4n) is 2.54. The van der Waals surface area contributed by atoms with Crippen LogP contribution in [0.1, 0.15) is 17.2 Å². The predicted molar refractivity (Wildman–Crippen MR) is 83.9 cm³/mol. The smallest absolute Gasteiger partial charge is 0.122 e. The van der Waals surface area contributed by atoms with Crippen molar-refractivity contribution in [2.24, 2.45) is 5.73 Å². The summed E-state index contributed by atoms with van der Waals surface area (Å²) in [7, 11) is 3.27. The maximum Gasteiger partial charge on any atom is 0.122 e. The Bertz CT molecular complexity index is 742. The fourth-order valence-corrected chi connectivity index (χ4v) is 2.54. The first-order chi connectivity index (χ1) is 10.2. The number of ether oxygens (including phenoxy) is 2. The molecule has 0 fully saturated rings. The minimum atomic E-state index is -0.245. The lowest BCUT2D eigenvalue weighted by Gasteiger charge is -2.14. The van der Waals surface area contributed by atoms with E-state index >= 15 is 0 Å². The number of fused-ring (bicyclic) bond motifs is 1. The summed E-state index contributed by atoms with van der Waals surface area (Å²) in [5.74, 6) is 1.47. The van der Waals surface area contributed by atoms with Gasteiger partial charge in [-0.25, -0.2) is 0 Å². The first-order valence-corrected chi connectivity index (χ1v) is 6.77. The normalized spacial score (nSPS) is 12.3. The minimum Gasteiger partial charge on any atom is -0.497 e. The number of aromatic nitrogens is 1. The van der Waals surface area contributed by atoms with Crippen LogP contribution in [0.15, 0.2) is 48.7 Å². The first kappa shape index (κ1) is 13.5. The Morgan fingerprint density at radius 3 is 2.33 bits per heavy atom. The zero-order valence-corrected chi connectivity index (χ0v) is 12.1. The molecule has 0 bridgehead atoms. The Hall–Kier alpha value is -2.46. The molecule has 1 unspecified atom stereocenters. The van der Waals surface area contributed by atoms with Gasteiger partial charge in [-0.2, -0.15) is 0 Å². The van der Waals surface area contributed by atoms with E-state index in [-0.39, 0.29) is 6.04 Å². The molecule has 21 heavy (non-hydrogen) atoms. The molecule has 4 nitrogen and oxygen atoms in total. The number of nitrogens with one attached hydrogen (secondary N) is 1. The molecule has 1 aromatic heterocycles. The maximum absolute atomic E-state index is 6.44. The van der Waals surface area contributed by atoms with Gasteiger partial charge in [0.2, 0.25) is 0 Å². The molecule has 0 radical (unpaired) electrons. The molecule has 0 saturated heterocycles. The third kappa shape index (κ3) is 2.45. The summed E-state index contributed by atoms with van der Waals surface area (Å²) in [6, 6.07) is 13.6. The molecule has 0 amide bonds. The number of H-pyrrole nitrogens is 1. The molecule has 0 aliphatic rings. The van der Waals surface area contributed by atoms with Gasteiger partial charge in [-0.1, -0.05) is 18.2 Å². The standard InChI is InChI=1S/C17H18N2O2/c1-20-12-7-11(8-13(9-12)21-2)17(18)15-10-19-16-6-4-3-5-14(15)16/h3-10,17,19H,18H2,1-2H3. The van der Waals surface area contributed by atoms with E-state index in [0.29, 0.717) is 0 Å². The molecule has 1 atom stereocenters. The lowest BCUT2D eigenvalue weighted by atomic mass is 9.98. The lowest BCUT2D eigenvalue weighted by Crippen LogP contribution is -2.11. The van der Waals surface area contributed by atoms with Gasteiger partial charge in [-0.05, 0) is 29.3 Å². The van der Waals surface area contributed by atoms with E-state index < -0.39 is 0 Å². The van der Waals surface area contributed by atoms with Crippen LogP contribution >= 0.6 is 0 Å². The van der Waals surface area contributed by atoms with Gasteiger partial charge < -0.3 is 20.2 Å². The zero-order valence-electron chi connectivity index (χ0n) is 12.1. The van der Waals surface area contributed by atoms with Crippen LogP contribution in [-0.4, -0.2) is 19.2 Å². The average molecular weight is 282 g/mol. The van der Waals surface area contributed by atoms with Crippen LogP contribution in [0.5, 0.6) is 11.5 Å². The molecule has 0 aliphatic carbocycles. The third-order valence-electron chi connectivity index (χ3n) is 3.69. The number of aromatic amines is 1. The minimum absolute atomic E-state index is 0.245. The fraction of sp³-hybridized carbons (Fsp3) is 0.176. The van der Waals surface area contributed by atoms with Gasteiger partial charge in [-0.3, -0.25) is 0 Å². The monoisotopic (exact) mass is 282 g/mol. The highest BCUT2D eigenvalue weighted by Gasteiger charge is 2.15. The predicted octanol–water partition coefficient (Wildman–Crippen LogP) is 3.23. The van der Waals surface area contributed by atoms with Gasteiger partial charge in [0.25, 0.3) is 0 Å². The van der Waals surface area contributed by atoms with Crippen molar-refractivity contribution < 1.29 is 9.47 Å².